The van der Waals surface area contributed by atoms with Gasteiger partial charge in [0.1, 0.15) is 17.2 Å². The standard InChI is InChI=1S/C15H18FN3O3/c1-3-12-14(9(2)22-19-12)18-15(21)17-8-13(20)10-6-4-5-7-11(10)16/h4-7,13,20H,3,8H2,1-2H3,(H2,17,18,21). The molecule has 0 saturated heterocycles. The lowest BCUT2D eigenvalue weighted by atomic mass is 10.1. The number of hydrogen-bond acceptors (Lipinski definition) is 4. The van der Waals surface area contributed by atoms with Crippen molar-refractivity contribution in [3.05, 3.63) is 47.1 Å². The maximum Gasteiger partial charge on any atom is 0.319 e. The smallest absolute Gasteiger partial charge is 0.319 e. The van der Waals surface area contributed by atoms with Gasteiger partial charge in [-0.2, -0.15) is 0 Å². The number of aromatic nitrogens is 1. The van der Waals surface area contributed by atoms with Gasteiger partial charge < -0.3 is 20.3 Å². The molecule has 1 heterocycles. The molecule has 0 radical (unpaired) electrons. The highest BCUT2D eigenvalue weighted by Crippen LogP contribution is 2.20. The minimum absolute atomic E-state index is 0.113. The van der Waals surface area contributed by atoms with Gasteiger partial charge in [0.05, 0.1) is 6.10 Å². The molecule has 0 spiro atoms. The Hall–Kier alpha value is -2.41. The third-order valence-electron chi connectivity index (χ3n) is 3.23. The summed E-state index contributed by atoms with van der Waals surface area (Å²) >= 11 is 0. The molecule has 0 aliphatic carbocycles. The van der Waals surface area contributed by atoms with E-state index >= 15 is 0 Å². The SMILES string of the molecule is CCc1noc(C)c1NC(=O)NCC(O)c1ccccc1F. The Labute approximate surface area is 127 Å². The van der Waals surface area contributed by atoms with E-state index in [1.807, 2.05) is 6.92 Å². The predicted molar refractivity (Wildman–Crippen MR) is 79.0 cm³/mol. The third-order valence-corrected chi connectivity index (χ3v) is 3.23. The van der Waals surface area contributed by atoms with Crippen LogP contribution in [0.15, 0.2) is 28.8 Å². The van der Waals surface area contributed by atoms with E-state index in [2.05, 4.69) is 15.8 Å². The van der Waals surface area contributed by atoms with Gasteiger partial charge in [0.2, 0.25) is 0 Å². The van der Waals surface area contributed by atoms with Crippen LogP contribution in [0.4, 0.5) is 14.9 Å². The van der Waals surface area contributed by atoms with Crippen LogP contribution in [0.2, 0.25) is 0 Å². The Kier molecular flexibility index (Phi) is 5.11. The average Bonchev–Trinajstić information content (AvgIpc) is 2.86. The number of nitrogens with one attached hydrogen (secondary N) is 2. The maximum absolute atomic E-state index is 13.5. The molecule has 0 fully saturated rings. The van der Waals surface area contributed by atoms with E-state index in [9.17, 15) is 14.3 Å². The summed E-state index contributed by atoms with van der Waals surface area (Å²) in [5, 5.41) is 18.9. The molecule has 1 unspecified atom stereocenters. The van der Waals surface area contributed by atoms with Gasteiger partial charge in [-0.25, -0.2) is 9.18 Å². The van der Waals surface area contributed by atoms with Crippen LogP contribution in [0, 0.1) is 12.7 Å². The first-order chi connectivity index (χ1) is 10.5. The molecule has 0 saturated carbocycles. The maximum atomic E-state index is 13.5. The van der Waals surface area contributed by atoms with Crippen LogP contribution in [-0.2, 0) is 6.42 Å². The second-order valence-electron chi connectivity index (χ2n) is 4.79. The monoisotopic (exact) mass is 307 g/mol. The number of carbonyl (C=O) groups excluding carboxylic acids is 1. The second kappa shape index (κ2) is 7.04. The van der Waals surface area contributed by atoms with Crippen LogP contribution in [0.3, 0.4) is 0 Å². The van der Waals surface area contributed by atoms with Gasteiger partial charge in [-0.3, -0.25) is 0 Å². The molecule has 2 aromatic rings. The van der Waals surface area contributed by atoms with E-state index in [1.54, 1.807) is 13.0 Å². The summed E-state index contributed by atoms with van der Waals surface area (Å²) in [6.07, 6.45) is -0.508. The van der Waals surface area contributed by atoms with Crippen LogP contribution < -0.4 is 10.6 Å². The molecular formula is C15H18FN3O3. The Balaban J connectivity index is 1.93. The summed E-state index contributed by atoms with van der Waals surface area (Å²) in [6.45, 7) is 3.47. The lowest BCUT2D eigenvalue weighted by molar-refractivity contribution is 0.170. The first-order valence-electron chi connectivity index (χ1n) is 6.95. The number of carbonyl (C=O) groups is 1. The molecule has 1 aromatic heterocycles. The number of benzene rings is 1. The molecule has 0 aliphatic rings. The Bertz CT molecular complexity index is 657. The molecule has 2 amide bonds. The summed E-state index contributed by atoms with van der Waals surface area (Å²) in [6, 6.07) is 5.37. The Morgan fingerprint density at radius 1 is 1.45 bits per heavy atom. The van der Waals surface area contributed by atoms with Crippen molar-refractivity contribution in [3.63, 3.8) is 0 Å². The highest BCUT2D eigenvalue weighted by Gasteiger charge is 2.16. The highest BCUT2D eigenvalue weighted by molar-refractivity contribution is 5.90. The average molecular weight is 307 g/mol. The summed E-state index contributed by atoms with van der Waals surface area (Å²) in [4.78, 5) is 11.9. The van der Waals surface area contributed by atoms with Gasteiger partial charge in [-0.1, -0.05) is 30.3 Å². The summed E-state index contributed by atoms with van der Waals surface area (Å²) < 4.78 is 18.5. The van der Waals surface area contributed by atoms with Gasteiger partial charge in [0.15, 0.2) is 5.76 Å². The first-order valence-corrected chi connectivity index (χ1v) is 6.95. The summed E-state index contributed by atoms with van der Waals surface area (Å²) in [5.74, 6) is -0.0120. The van der Waals surface area contributed by atoms with Gasteiger partial charge >= 0.3 is 6.03 Å². The largest absolute Gasteiger partial charge is 0.386 e. The molecule has 6 nitrogen and oxygen atoms in total. The zero-order chi connectivity index (χ0) is 16.1. The van der Waals surface area contributed by atoms with E-state index in [0.29, 0.717) is 23.6 Å². The topological polar surface area (TPSA) is 87.4 Å². The quantitative estimate of drug-likeness (QED) is 0.792. The van der Waals surface area contributed by atoms with Crippen molar-refractivity contribution in [1.29, 1.82) is 0 Å². The molecular weight excluding hydrogens is 289 g/mol. The molecule has 0 aliphatic heterocycles. The van der Waals surface area contributed by atoms with Gasteiger partial charge in [0, 0.05) is 12.1 Å². The van der Waals surface area contributed by atoms with Crippen LogP contribution in [0.25, 0.3) is 0 Å². The van der Waals surface area contributed by atoms with Crippen LogP contribution in [0.1, 0.15) is 30.0 Å². The van der Waals surface area contributed by atoms with Crippen molar-refractivity contribution in [1.82, 2.24) is 10.5 Å². The van der Waals surface area contributed by atoms with Crippen LogP contribution >= 0.6 is 0 Å². The Morgan fingerprint density at radius 2 is 2.18 bits per heavy atom. The fourth-order valence-corrected chi connectivity index (χ4v) is 2.02. The molecule has 118 valence electrons. The molecule has 22 heavy (non-hydrogen) atoms. The lowest BCUT2D eigenvalue weighted by Gasteiger charge is -2.13. The van der Waals surface area contributed by atoms with Crippen molar-refractivity contribution in [2.45, 2.75) is 26.4 Å². The zero-order valence-corrected chi connectivity index (χ0v) is 12.4. The van der Waals surface area contributed by atoms with Crippen molar-refractivity contribution in [2.75, 3.05) is 11.9 Å². The molecule has 7 heteroatoms. The number of anilines is 1. The predicted octanol–water partition coefficient (Wildman–Crippen LogP) is 2.54. The molecule has 1 atom stereocenters. The fraction of sp³-hybridized carbons (Fsp3) is 0.333. The second-order valence-corrected chi connectivity index (χ2v) is 4.79. The van der Waals surface area contributed by atoms with Crippen molar-refractivity contribution in [3.8, 4) is 0 Å². The van der Waals surface area contributed by atoms with Crippen molar-refractivity contribution < 1.29 is 18.8 Å². The van der Waals surface area contributed by atoms with Gasteiger partial charge in [0.25, 0.3) is 0 Å². The van der Waals surface area contributed by atoms with Crippen molar-refractivity contribution >= 4 is 11.7 Å². The highest BCUT2D eigenvalue weighted by atomic mass is 19.1. The normalized spacial score (nSPS) is 12.0. The number of amides is 2. The Morgan fingerprint density at radius 3 is 2.86 bits per heavy atom. The molecule has 2 rings (SSSR count). The number of hydrogen-bond donors (Lipinski definition) is 3. The molecule has 0 bridgehead atoms. The number of halogens is 1. The number of nitrogens with zero attached hydrogens (tertiary/aromatic N) is 1. The minimum atomic E-state index is -1.12. The van der Waals surface area contributed by atoms with E-state index in [4.69, 9.17) is 4.52 Å². The lowest BCUT2D eigenvalue weighted by Crippen LogP contribution is -2.33. The first kappa shape index (κ1) is 16.0. The number of aliphatic hydroxyl groups excluding tert-OH is 1. The molecule has 1 aromatic carbocycles. The van der Waals surface area contributed by atoms with Crippen LogP contribution in [0.5, 0.6) is 0 Å². The van der Waals surface area contributed by atoms with E-state index in [-0.39, 0.29) is 12.1 Å². The summed E-state index contributed by atoms with van der Waals surface area (Å²) in [5.41, 5.74) is 1.29. The minimum Gasteiger partial charge on any atom is -0.386 e. The summed E-state index contributed by atoms with van der Waals surface area (Å²) in [7, 11) is 0. The third kappa shape index (κ3) is 3.62. The van der Waals surface area contributed by atoms with Gasteiger partial charge in [-0.15, -0.1) is 0 Å². The number of urea groups is 1. The van der Waals surface area contributed by atoms with E-state index in [1.165, 1.54) is 18.2 Å². The zero-order valence-electron chi connectivity index (χ0n) is 12.4. The number of aryl methyl sites for hydroxylation is 2. The van der Waals surface area contributed by atoms with Gasteiger partial charge in [-0.05, 0) is 19.4 Å². The fourth-order valence-electron chi connectivity index (χ4n) is 2.02. The van der Waals surface area contributed by atoms with E-state index < -0.39 is 18.0 Å². The number of rotatable bonds is 5. The van der Waals surface area contributed by atoms with Crippen LogP contribution in [-0.4, -0.2) is 22.8 Å². The van der Waals surface area contributed by atoms with E-state index in [0.717, 1.165) is 0 Å². The number of aliphatic hydroxyl groups is 1. The van der Waals surface area contributed by atoms with Crippen molar-refractivity contribution in [2.24, 2.45) is 0 Å². The molecule has 3 N–H and O–H groups in total.